The normalized spacial score (nSPS) is 17.6. The summed E-state index contributed by atoms with van der Waals surface area (Å²) in [5, 5.41) is 18.1. The molecule has 3 N–H and O–H groups in total. The highest BCUT2D eigenvalue weighted by molar-refractivity contribution is 5.96. The molecule has 0 radical (unpaired) electrons. The van der Waals surface area contributed by atoms with E-state index in [1.165, 1.54) is 0 Å². The Kier molecular flexibility index (Phi) is 4.65. The predicted octanol–water partition coefficient (Wildman–Crippen LogP) is 2.03. The average molecular weight is 367 g/mol. The molecule has 0 saturated carbocycles. The van der Waals surface area contributed by atoms with E-state index in [0.717, 1.165) is 54.0 Å². The van der Waals surface area contributed by atoms with E-state index in [9.17, 15) is 4.79 Å². The monoisotopic (exact) mass is 367 g/mol. The Morgan fingerprint density at radius 3 is 3.00 bits per heavy atom. The maximum absolute atomic E-state index is 12.9. The molecule has 1 aliphatic rings. The number of rotatable bonds is 4. The first-order valence-corrected chi connectivity index (χ1v) is 9.44. The molecule has 0 aliphatic carbocycles. The van der Waals surface area contributed by atoms with E-state index in [-0.39, 0.29) is 17.9 Å². The van der Waals surface area contributed by atoms with E-state index >= 15 is 0 Å². The van der Waals surface area contributed by atoms with Crippen molar-refractivity contribution in [3.8, 4) is 11.3 Å². The number of hydrogen-bond donors (Lipinski definition) is 3. The maximum Gasteiger partial charge on any atom is 0.272 e. The standard InChI is InChI=1S/C19H25N7O/c1-11(2)15-16(13-7-12(3)18-21-10-22-26(18)9-13)24-25-17(15)19(27)23-14-5-4-6-20-8-14/h7,9-11,14,20H,4-6,8H2,1-3H3,(H,23,27)(H,24,25)/t14-/m1/s1. The fourth-order valence-corrected chi connectivity index (χ4v) is 3.77. The molecule has 1 fully saturated rings. The molecule has 0 unspecified atom stereocenters. The number of piperidine rings is 1. The Bertz CT molecular complexity index is 966. The van der Waals surface area contributed by atoms with Gasteiger partial charge in [0.25, 0.3) is 5.91 Å². The van der Waals surface area contributed by atoms with Gasteiger partial charge in [0.05, 0.1) is 5.69 Å². The zero-order chi connectivity index (χ0) is 19.0. The molecule has 0 bridgehead atoms. The van der Waals surface area contributed by atoms with Gasteiger partial charge in [0.2, 0.25) is 0 Å². The second-order valence-corrected chi connectivity index (χ2v) is 7.47. The minimum Gasteiger partial charge on any atom is -0.347 e. The summed E-state index contributed by atoms with van der Waals surface area (Å²) in [6.45, 7) is 7.98. The Labute approximate surface area is 157 Å². The first-order chi connectivity index (χ1) is 13.0. The second-order valence-electron chi connectivity index (χ2n) is 7.47. The molecule has 4 rings (SSSR count). The molecule has 1 amide bonds. The molecular weight excluding hydrogens is 342 g/mol. The summed E-state index contributed by atoms with van der Waals surface area (Å²) < 4.78 is 1.75. The van der Waals surface area contributed by atoms with Crippen molar-refractivity contribution in [3.63, 3.8) is 0 Å². The van der Waals surface area contributed by atoms with Crippen LogP contribution >= 0.6 is 0 Å². The summed E-state index contributed by atoms with van der Waals surface area (Å²) in [6.07, 6.45) is 5.53. The number of carbonyl (C=O) groups excluding carboxylic acids is 1. The number of aromatic nitrogens is 5. The number of hydrogen-bond acceptors (Lipinski definition) is 5. The lowest BCUT2D eigenvalue weighted by atomic mass is 9.96. The molecule has 8 heteroatoms. The van der Waals surface area contributed by atoms with Gasteiger partial charge in [0.1, 0.15) is 6.33 Å². The fourth-order valence-electron chi connectivity index (χ4n) is 3.77. The third kappa shape index (κ3) is 3.32. The van der Waals surface area contributed by atoms with Crippen LogP contribution in [0.15, 0.2) is 18.6 Å². The van der Waals surface area contributed by atoms with Gasteiger partial charge in [-0.25, -0.2) is 9.50 Å². The minimum absolute atomic E-state index is 0.117. The molecule has 3 aromatic heterocycles. The van der Waals surface area contributed by atoms with Crippen molar-refractivity contribution in [1.29, 1.82) is 0 Å². The first-order valence-electron chi connectivity index (χ1n) is 9.44. The maximum atomic E-state index is 12.9. The SMILES string of the molecule is Cc1cc(-c2[nH]nc(C(=O)N[C@@H]3CCCNC3)c2C(C)C)cn2ncnc12. The molecule has 0 aromatic carbocycles. The van der Waals surface area contributed by atoms with Crippen LogP contribution in [0.1, 0.15) is 54.2 Å². The van der Waals surface area contributed by atoms with Crippen molar-refractivity contribution in [2.75, 3.05) is 13.1 Å². The molecule has 4 heterocycles. The Morgan fingerprint density at radius 1 is 1.41 bits per heavy atom. The van der Waals surface area contributed by atoms with Crippen molar-refractivity contribution < 1.29 is 4.79 Å². The van der Waals surface area contributed by atoms with Crippen LogP contribution in [0.4, 0.5) is 0 Å². The van der Waals surface area contributed by atoms with E-state index in [1.807, 2.05) is 13.1 Å². The van der Waals surface area contributed by atoms with Crippen molar-refractivity contribution in [3.05, 3.63) is 35.4 Å². The number of nitrogens with one attached hydrogen (secondary N) is 3. The Balaban J connectivity index is 1.70. The molecule has 27 heavy (non-hydrogen) atoms. The third-order valence-electron chi connectivity index (χ3n) is 5.08. The van der Waals surface area contributed by atoms with Gasteiger partial charge >= 0.3 is 0 Å². The molecule has 0 spiro atoms. The largest absolute Gasteiger partial charge is 0.347 e. The number of amides is 1. The van der Waals surface area contributed by atoms with Crippen LogP contribution in [0.3, 0.4) is 0 Å². The summed E-state index contributed by atoms with van der Waals surface area (Å²) in [5.41, 5.74) is 5.05. The van der Waals surface area contributed by atoms with Gasteiger partial charge in [0, 0.05) is 29.9 Å². The molecule has 1 aliphatic heterocycles. The van der Waals surface area contributed by atoms with Gasteiger partial charge in [0.15, 0.2) is 11.3 Å². The van der Waals surface area contributed by atoms with Crippen molar-refractivity contribution >= 4 is 11.6 Å². The van der Waals surface area contributed by atoms with Gasteiger partial charge in [-0.1, -0.05) is 13.8 Å². The van der Waals surface area contributed by atoms with E-state index in [1.54, 1.807) is 10.8 Å². The smallest absolute Gasteiger partial charge is 0.272 e. The highest BCUT2D eigenvalue weighted by Crippen LogP contribution is 2.31. The lowest BCUT2D eigenvalue weighted by molar-refractivity contribution is 0.0924. The molecule has 1 saturated heterocycles. The molecule has 142 valence electrons. The number of aryl methyl sites for hydroxylation is 1. The van der Waals surface area contributed by atoms with Gasteiger partial charge < -0.3 is 10.6 Å². The van der Waals surface area contributed by atoms with Crippen LogP contribution in [-0.2, 0) is 0 Å². The minimum atomic E-state index is -0.117. The summed E-state index contributed by atoms with van der Waals surface area (Å²) >= 11 is 0. The van der Waals surface area contributed by atoms with Crippen LogP contribution < -0.4 is 10.6 Å². The van der Waals surface area contributed by atoms with Crippen LogP contribution in [0, 0.1) is 6.92 Å². The zero-order valence-corrected chi connectivity index (χ0v) is 15.9. The van der Waals surface area contributed by atoms with Crippen LogP contribution in [0.5, 0.6) is 0 Å². The first kappa shape index (κ1) is 17.7. The van der Waals surface area contributed by atoms with E-state index < -0.39 is 0 Å². The molecule has 8 nitrogen and oxygen atoms in total. The van der Waals surface area contributed by atoms with Crippen LogP contribution in [0.2, 0.25) is 0 Å². The summed E-state index contributed by atoms with van der Waals surface area (Å²) in [5.74, 6) is 0.0317. The van der Waals surface area contributed by atoms with Gasteiger partial charge in [-0.3, -0.25) is 9.89 Å². The zero-order valence-electron chi connectivity index (χ0n) is 15.9. The number of fused-ring (bicyclic) bond motifs is 1. The highest BCUT2D eigenvalue weighted by atomic mass is 16.2. The average Bonchev–Trinajstić information content (AvgIpc) is 3.29. The van der Waals surface area contributed by atoms with Gasteiger partial charge in [-0.05, 0) is 43.9 Å². The number of pyridine rings is 1. The summed E-state index contributed by atoms with van der Waals surface area (Å²) in [7, 11) is 0. The van der Waals surface area contributed by atoms with E-state index in [2.05, 4.69) is 50.8 Å². The summed E-state index contributed by atoms with van der Waals surface area (Å²) in [6, 6.07) is 2.20. The number of aromatic amines is 1. The second kappa shape index (κ2) is 7.11. The third-order valence-corrected chi connectivity index (χ3v) is 5.08. The van der Waals surface area contributed by atoms with Crippen molar-refractivity contribution in [1.82, 2.24) is 35.4 Å². The van der Waals surface area contributed by atoms with Crippen LogP contribution in [0.25, 0.3) is 16.9 Å². The number of H-pyrrole nitrogens is 1. The van der Waals surface area contributed by atoms with Crippen molar-refractivity contribution in [2.24, 2.45) is 0 Å². The fraction of sp³-hybridized carbons (Fsp3) is 0.474. The lowest BCUT2D eigenvalue weighted by Gasteiger charge is -2.23. The highest BCUT2D eigenvalue weighted by Gasteiger charge is 2.25. The van der Waals surface area contributed by atoms with Crippen molar-refractivity contribution in [2.45, 2.75) is 45.6 Å². The Hall–Kier alpha value is -2.74. The topological polar surface area (TPSA) is 100 Å². The van der Waals surface area contributed by atoms with E-state index in [0.29, 0.717) is 5.69 Å². The number of carbonyl (C=O) groups is 1. The van der Waals surface area contributed by atoms with Gasteiger partial charge in [-0.2, -0.15) is 10.2 Å². The molecular formula is C19H25N7O. The quantitative estimate of drug-likeness (QED) is 0.655. The lowest BCUT2D eigenvalue weighted by Crippen LogP contribution is -2.45. The number of nitrogens with zero attached hydrogens (tertiary/aromatic N) is 4. The van der Waals surface area contributed by atoms with Crippen LogP contribution in [-0.4, -0.2) is 49.8 Å². The molecule has 1 atom stereocenters. The Morgan fingerprint density at radius 2 is 2.26 bits per heavy atom. The van der Waals surface area contributed by atoms with Gasteiger partial charge in [-0.15, -0.1) is 0 Å². The summed E-state index contributed by atoms with van der Waals surface area (Å²) in [4.78, 5) is 17.1. The molecule has 3 aromatic rings. The van der Waals surface area contributed by atoms with E-state index in [4.69, 9.17) is 0 Å². The predicted molar refractivity (Wildman–Crippen MR) is 103 cm³/mol.